The van der Waals surface area contributed by atoms with Crippen molar-refractivity contribution in [1.82, 2.24) is 15.2 Å². The van der Waals surface area contributed by atoms with Crippen LogP contribution >= 0.6 is 0 Å². The van der Waals surface area contributed by atoms with Gasteiger partial charge in [0.05, 0.1) is 0 Å². The Morgan fingerprint density at radius 2 is 1.95 bits per heavy atom. The van der Waals surface area contributed by atoms with Gasteiger partial charge in [-0.25, -0.2) is 9.78 Å². The molecule has 2 rings (SSSR count). The Balaban J connectivity index is 2.10. The molecule has 8 heteroatoms. The highest BCUT2D eigenvalue weighted by Crippen LogP contribution is 2.15. The first-order chi connectivity index (χ1) is 9.04. The minimum Gasteiger partial charge on any atom is -0.351 e. The summed E-state index contributed by atoms with van der Waals surface area (Å²) >= 11 is 0. The lowest BCUT2D eigenvalue weighted by molar-refractivity contribution is 0.101. The van der Waals surface area contributed by atoms with E-state index in [1.54, 1.807) is 31.2 Å². The molecule has 0 atom stereocenters. The number of anilines is 2. The fourth-order valence-corrected chi connectivity index (χ4v) is 1.45. The normalized spacial score (nSPS) is 9.95. The summed E-state index contributed by atoms with van der Waals surface area (Å²) < 4.78 is 0. The Morgan fingerprint density at radius 3 is 2.53 bits per heavy atom. The van der Waals surface area contributed by atoms with Crippen molar-refractivity contribution < 1.29 is 9.59 Å². The molecule has 98 valence electrons. The quantitative estimate of drug-likeness (QED) is 0.652. The average Bonchev–Trinajstić information content (AvgIpc) is 2.75. The van der Waals surface area contributed by atoms with E-state index >= 15 is 0 Å². The van der Waals surface area contributed by atoms with Crippen LogP contribution in [0.2, 0.25) is 0 Å². The van der Waals surface area contributed by atoms with Gasteiger partial charge in [-0.05, 0) is 25.1 Å². The van der Waals surface area contributed by atoms with Crippen LogP contribution in [0.25, 0.3) is 0 Å². The van der Waals surface area contributed by atoms with Gasteiger partial charge in [-0.1, -0.05) is 6.07 Å². The lowest BCUT2D eigenvalue weighted by Crippen LogP contribution is -2.19. The number of aromatic nitrogens is 3. The maximum Gasteiger partial charge on any atom is 0.316 e. The highest BCUT2D eigenvalue weighted by molar-refractivity contribution is 6.02. The number of nitrogens with two attached hydrogens (primary N) is 1. The third-order valence-electron chi connectivity index (χ3n) is 2.19. The molecule has 0 saturated heterocycles. The van der Waals surface area contributed by atoms with Gasteiger partial charge in [-0.3, -0.25) is 9.89 Å². The van der Waals surface area contributed by atoms with Crippen molar-refractivity contribution in [1.29, 1.82) is 0 Å². The van der Waals surface area contributed by atoms with Gasteiger partial charge < -0.3 is 16.4 Å². The first-order valence-electron chi connectivity index (χ1n) is 5.41. The average molecular weight is 260 g/mol. The summed E-state index contributed by atoms with van der Waals surface area (Å²) in [6.07, 6.45) is 0. The van der Waals surface area contributed by atoms with E-state index in [1.807, 2.05) is 0 Å². The molecule has 3 amide bonds. The van der Waals surface area contributed by atoms with Crippen LogP contribution < -0.4 is 16.4 Å². The molecule has 2 aromatic rings. The highest BCUT2D eigenvalue weighted by Gasteiger charge is 2.11. The number of aryl methyl sites for hydroxylation is 1. The van der Waals surface area contributed by atoms with Gasteiger partial charge in [-0.2, -0.15) is 0 Å². The van der Waals surface area contributed by atoms with E-state index < -0.39 is 11.9 Å². The number of hydrogen-bond donors (Lipinski definition) is 4. The third-order valence-corrected chi connectivity index (χ3v) is 2.19. The summed E-state index contributed by atoms with van der Waals surface area (Å²) in [5.74, 6) is 0.153. The summed E-state index contributed by atoms with van der Waals surface area (Å²) in [6, 6.07) is 5.89. The molecule has 0 aliphatic heterocycles. The molecule has 8 nitrogen and oxygen atoms in total. The molecule has 1 aromatic carbocycles. The predicted octanol–water partition coefficient (Wildman–Crippen LogP) is 0.856. The summed E-state index contributed by atoms with van der Waals surface area (Å²) in [4.78, 5) is 26.4. The van der Waals surface area contributed by atoms with E-state index in [1.165, 1.54) is 0 Å². The maximum atomic E-state index is 11.8. The molecule has 0 spiro atoms. The highest BCUT2D eigenvalue weighted by atomic mass is 16.2. The molecule has 0 bridgehead atoms. The maximum absolute atomic E-state index is 11.8. The topological polar surface area (TPSA) is 126 Å². The second-order valence-corrected chi connectivity index (χ2v) is 3.77. The third kappa shape index (κ3) is 3.28. The number of nitrogens with one attached hydrogen (secondary N) is 3. The molecular weight excluding hydrogens is 248 g/mol. The van der Waals surface area contributed by atoms with Crippen LogP contribution in [0.5, 0.6) is 0 Å². The number of benzene rings is 1. The number of hydrogen-bond acceptors (Lipinski definition) is 4. The van der Waals surface area contributed by atoms with E-state index in [9.17, 15) is 9.59 Å². The number of nitrogens with zero attached hydrogens (tertiary/aromatic N) is 2. The van der Waals surface area contributed by atoms with Gasteiger partial charge in [0.25, 0.3) is 5.91 Å². The first-order valence-corrected chi connectivity index (χ1v) is 5.41. The number of H-pyrrole nitrogens is 1. The van der Waals surface area contributed by atoms with E-state index in [2.05, 4.69) is 25.8 Å². The molecule has 0 fully saturated rings. The lowest BCUT2D eigenvalue weighted by atomic mass is 10.2. The van der Waals surface area contributed by atoms with Crippen LogP contribution in [0, 0.1) is 6.92 Å². The SMILES string of the molecule is Cc1nc(C(=O)Nc2cccc(NC(N)=O)c2)n[nH]1. The van der Waals surface area contributed by atoms with Crippen molar-refractivity contribution in [2.45, 2.75) is 6.92 Å². The number of carbonyl (C=O) groups excluding carboxylic acids is 2. The van der Waals surface area contributed by atoms with Crippen molar-refractivity contribution in [2.75, 3.05) is 10.6 Å². The Bertz CT molecular complexity index is 621. The van der Waals surface area contributed by atoms with E-state index in [4.69, 9.17) is 5.73 Å². The standard InChI is InChI=1S/C11H12N6O2/c1-6-13-9(17-16-6)10(18)14-7-3-2-4-8(5-7)15-11(12)19/h2-5H,1H3,(H,14,18)(H3,12,15,19)(H,13,16,17). The fraction of sp³-hybridized carbons (Fsp3) is 0.0909. The second-order valence-electron chi connectivity index (χ2n) is 3.77. The fourth-order valence-electron chi connectivity index (χ4n) is 1.45. The van der Waals surface area contributed by atoms with Crippen LogP contribution in [0.3, 0.4) is 0 Å². The monoisotopic (exact) mass is 260 g/mol. The Labute approximate surface area is 108 Å². The van der Waals surface area contributed by atoms with Crippen molar-refractivity contribution >= 4 is 23.3 Å². The smallest absolute Gasteiger partial charge is 0.316 e. The van der Waals surface area contributed by atoms with Crippen molar-refractivity contribution in [3.8, 4) is 0 Å². The molecule has 0 radical (unpaired) electrons. The Morgan fingerprint density at radius 1 is 1.26 bits per heavy atom. The number of urea groups is 1. The first kappa shape index (κ1) is 12.6. The number of primary amides is 1. The zero-order valence-electron chi connectivity index (χ0n) is 10.1. The molecule has 0 saturated carbocycles. The van der Waals surface area contributed by atoms with E-state index in [0.29, 0.717) is 17.2 Å². The van der Waals surface area contributed by atoms with Crippen LogP contribution in [0.1, 0.15) is 16.4 Å². The molecule has 0 unspecified atom stereocenters. The van der Waals surface area contributed by atoms with Gasteiger partial charge in [0.15, 0.2) is 0 Å². The minimum atomic E-state index is -0.673. The molecular formula is C11H12N6O2. The van der Waals surface area contributed by atoms with Gasteiger partial charge in [0.2, 0.25) is 5.82 Å². The second kappa shape index (κ2) is 5.17. The summed E-state index contributed by atoms with van der Waals surface area (Å²) in [6.45, 7) is 1.70. The van der Waals surface area contributed by atoms with Gasteiger partial charge >= 0.3 is 6.03 Å². The molecule has 0 aliphatic rings. The molecule has 0 aliphatic carbocycles. The number of rotatable bonds is 3. The number of carbonyl (C=O) groups is 2. The van der Waals surface area contributed by atoms with Gasteiger partial charge in [-0.15, -0.1) is 5.10 Å². The van der Waals surface area contributed by atoms with Crippen LogP contribution in [0.4, 0.5) is 16.2 Å². The lowest BCUT2D eigenvalue weighted by Gasteiger charge is -2.05. The zero-order chi connectivity index (χ0) is 13.8. The van der Waals surface area contributed by atoms with Gasteiger partial charge in [0.1, 0.15) is 5.82 Å². The minimum absolute atomic E-state index is 0.0470. The molecule has 5 N–H and O–H groups in total. The summed E-state index contributed by atoms with van der Waals surface area (Å²) in [5.41, 5.74) is 5.99. The van der Waals surface area contributed by atoms with Crippen LogP contribution in [-0.2, 0) is 0 Å². The summed E-state index contributed by atoms with van der Waals surface area (Å²) in [5, 5.41) is 11.3. The Hall–Kier alpha value is -2.90. The van der Waals surface area contributed by atoms with Gasteiger partial charge in [0, 0.05) is 11.4 Å². The Kier molecular flexibility index (Phi) is 3.42. The van der Waals surface area contributed by atoms with E-state index in [0.717, 1.165) is 0 Å². The molecule has 1 aromatic heterocycles. The van der Waals surface area contributed by atoms with Crippen molar-refractivity contribution in [3.63, 3.8) is 0 Å². The summed E-state index contributed by atoms with van der Waals surface area (Å²) in [7, 11) is 0. The molecule has 1 heterocycles. The predicted molar refractivity (Wildman–Crippen MR) is 68.7 cm³/mol. The number of amides is 3. The van der Waals surface area contributed by atoms with Crippen LogP contribution in [0.15, 0.2) is 24.3 Å². The number of aromatic amines is 1. The van der Waals surface area contributed by atoms with E-state index in [-0.39, 0.29) is 5.82 Å². The van der Waals surface area contributed by atoms with Crippen LogP contribution in [-0.4, -0.2) is 27.1 Å². The van der Waals surface area contributed by atoms with Crippen molar-refractivity contribution in [2.24, 2.45) is 5.73 Å². The molecule has 19 heavy (non-hydrogen) atoms. The zero-order valence-corrected chi connectivity index (χ0v) is 10.1. The van der Waals surface area contributed by atoms with Crippen molar-refractivity contribution in [3.05, 3.63) is 35.9 Å². The largest absolute Gasteiger partial charge is 0.351 e.